The van der Waals surface area contributed by atoms with Gasteiger partial charge in [0.1, 0.15) is 5.69 Å². The number of hydrogen-bond donors (Lipinski definition) is 0. The molecule has 0 bridgehead atoms. The molecule has 5 nitrogen and oxygen atoms in total. The third kappa shape index (κ3) is 2.00. The lowest BCUT2D eigenvalue weighted by atomic mass is 9.90. The summed E-state index contributed by atoms with van der Waals surface area (Å²) in [6, 6.07) is 2.11. The Morgan fingerprint density at radius 1 is 1.35 bits per heavy atom. The molecule has 0 atom stereocenters. The average molecular weight is 236 g/mol. The van der Waals surface area contributed by atoms with Gasteiger partial charge in [-0.25, -0.2) is 0 Å². The van der Waals surface area contributed by atoms with Crippen LogP contribution in [0.25, 0.3) is 0 Å². The molecule has 2 heterocycles. The smallest absolute Gasteiger partial charge is 0.170 e. The van der Waals surface area contributed by atoms with E-state index in [2.05, 4.69) is 5.10 Å². The van der Waals surface area contributed by atoms with Crippen LogP contribution in [0.15, 0.2) is 12.3 Å². The van der Waals surface area contributed by atoms with E-state index in [0.29, 0.717) is 24.9 Å². The molecule has 0 amide bonds. The van der Waals surface area contributed by atoms with Crippen LogP contribution < -0.4 is 0 Å². The zero-order chi connectivity index (χ0) is 11.7. The number of carbonyl (C=O) groups excluding carboxylic acids is 1. The van der Waals surface area contributed by atoms with Crippen molar-refractivity contribution in [3.8, 4) is 0 Å². The van der Waals surface area contributed by atoms with Gasteiger partial charge in [-0.15, -0.1) is 0 Å². The average Bonchev–Trinajstić information content (AvgIpc) is 3.00. The van der Waals surface area contributed by atoms with Crippen molar-refractivity contribution >= 4 is 6.29 Å². The second kappa shape index (κ2) is 4.23. The molecule has 0 N–H and O–H groups in total. The van der Waals surface area contributed by atoms with Crippen LogP contribution in [0.2, 0.25) is 0 Å². The van der Waals surface area contributed by atoms with Crippen molar-refractivity contribution in [2.75, 3.05) is 13.2 Å². The standard InChI is InChI=1S/C12H16N2O3/c15-9-10-3-6-14(13-10)11-1-4-12(5-2-11)16-7-8-17-12/h3,6,9,11H,1-2,4-5,7-8H2. The Morgan fingerprint density at radius 3 is 2.65 bits per heavy atom. The van der Waals surface area contributed by atoms with Crippen molar-refractivity contribution in [2.24, 2.45) is 0 Å². The Hall–Kier alpha value is -1.20. The van der Waals surface area contributed by atoms with E-state index in [9.17, 15) is 4.79 Å². The largest absolute Gasteiger partial charge is 0.348 e. The van der Waals surface area contributed by atoms with Gasteiger partial charge in [0.15, 0.2) is 12.1 Å². The van der Waals surface area contributed by atoms with Gasteiger partial charge in [-0.05, 0) is 18.9 Å². The zero-order valence-electron chi connectivity index (χ0n) is 9.67. The third-order valence-electron chi connectivity index (χ3n) is 3.65. The summed E-state index contributed by atoms with van der Waals surface area (Å²) < 4.78 is 13.3. The van der Waals surface area contributed by atoms with Crippen LogP contribution in [0.1, 0.15) is 42.2 Å². The monoisotopic (exact) mass is 236 g/mol. The van der Waals surface area contributed by atoms with Gasteiger partial charge in [0.2, 0.25) is 0 Å². The molecule has 0 radical (unpaired) electrons. The summed E-state index contributed by atoms with van der Waals surface area (Å²) in [5.74, 6) is -0.322. The highest BCUT2D eigenvalue weighted by Gasteiger charge is 2.40. The fourth-order valence-corrected chi connectivity index (χ4v) is 2.71. The zero-order valence-corrected chi connectivity index (χ0v) is 9.67. The molecule has 5 heteroatoms. The Morgan fingerprint density at radius 2 is 2.06 bits per heavy atom. The van der Waals surface area contributed by atoms with E-state index in [1.165, 1.54) is 0 Å². The molecule has 1 aromatic rings. The van der Waals surface area contributed by atoms with Crippen molar-refractivity contribution in [1.29, 1.82) is 0 Å². The van der Waals surface area contributed by atoms with Crippen LogP contribution in [-0.2, 0) is 9.47 Å². The second-order valence-corrected chi connectivity index (χ2v) is 4.68. The molecule has 92 valence electrons. The van der Waals surface area contributed by atoms with Crippen LogP contribution in [0, 0.1) is 0 Å². The second-order valence-electron chi connectivity index (χ2n) is 4.68. The Kier molecular flexibility index (Phi) is 2.72. The summed E-state index contributed by atoms with van der Waals surface area (Å²) in [4.78, 5) is 10.6. The van der Waals surface area contributed by atoms with E-state index in [0.717, 1.165) is 32.0 Å². The molecule has 0 unspecified atom stereocenters. The van der Waals surface area contributed by atoms with Crippen molar-refractivity contribution in [2.45, 2.75) is 37.5 Å². The van der Waals surface area contributed by atoms with Crippen LogP contribution in [-0.4, -0.2) is 35.1 Å². The highest BCUT2D eigenvalue weighted by Crippen LogP contribution is 2.39. The van der Waals surface area contributed by atoms with E-state index in [1.807, 2.05) is 10.9 Å². The summed E-state index contributed by atoms with van der Waals surface area (Å²) in [5, 5.41) is 4.23. The van der Waals surface area contributed by atoms with Gasteiger partial charge in [-0.1, -0.05) is 0 Å². The summed E-state index contributed by atoms with van der Waals surface area (Å²) >= 11 is 0. The quantitative estimate of drug-likeness (QED) is 0.731. The fourth-order valence-electron chi connectivity index (χ4n) is 2.71. The van der Waals surface area contributed by atoms with Gasteiger partial charge >= 0.3 is 0 Å². The Bertz CT molecular complexity index is 400. The number of rotatable bonds is 2. The summed E-state index contributed by atoms with van der Waals surface area (Å²) in [6.45, 7) is 1.42. The van der Waals surface area contributed by atoms with Gasteiger partial charge in [-0.2, -0.15) is 5.10 Å². The van der Waals surface area contributed by atoms with Gasteiger partial charge in [0.05, 0.1) is 19.3 Å². The molecular weight excluding hydrogens is 220 g/mol. The van der Waals surface area contributed by atoms with Crippen molar-refractivity contribution in [3.05, 3.63) is 18.0 Å². The maximum Gasteiger partial charge on any atom is 0.170 e. The lowest BCUT2D eigenvalue weighted by Gasteiger charge is -2.35. The third-order valence-corrected chi connectivity index (χ3v) is 3.65. The number of nitrogens with zero attached hydrogens (tertiary/aromatic N) is 2. The molecular formula is C12H16N2O3. The first-order valence-corrected chi connectivity index (χ1v) is 6.10. The first kappa shape index (κ1) is 10.9. The maximum absolute atomic E-state index is 10.6. The number of carbonyl (C=O) groups is 1. The molecule has 0 aromatic carbocycles. The number of hydrogen-bond acceptors (Lipinski definition) is 4. The number of aromatic nitrogens is 2. The molecule has 1 spiro atoms. The summed E-state index contributed by atoms with van der Waals surface area (Å²) in [6.07, 6.45) is 6.45. The molecule has 1 aliphatic heterocycles. The molecule has 2 aliphatic rings. The van der Waals surface area contributed by atoms with Crippen LogP contribution >= 0.6 is 0 Å². The van der Waals surface area contributed by atoms with Gasteiger partial charge in [0.25, 0.3) is 0 Å². The van der Waals surface area contributed by atoms with Gasteiger partial charge in [0, 0.05) is 19.0 Å². The predicted molar refractivity (Wildman–Crippen MR) is 59.8 cm³/mol. The number of ether oxygens (including phenoxy) is 2. The van der Waals surface area contributed by atoms with Crippen LogP contribution in [0.5, 0.6) is 0 Å². The molecule has 3 rings (SSSR count). The van der Waals surface area contributed by atoms with Gasteiger partial charge in [-0.3, -0.25) is 9.48 Å². The summed E-state index contributed by atoms with van der Waals surface area (Å²) in [5.41, 5.74) is 0.499. The SMILES string of the molecule is O=Cc1ccn(C2CCC3(CC2)OCCO3)n1. The normalized spacial score (nSPS) is 24.2. The molecule has 1 saturated carbocycles. The fraction of sp³-hybridized carbons (Fsp3) is 0.667. The molecule has 1 saturated heterocycles. The minimum atomic E-state index is -0.322. The molecule has 17 heavy (non-hydrogen) atoms. The summed E-state index contributed by atoms with van der Waals surface area (Å²) in [7, 11) is 0. The van der Waals surface area contributed by atoms with Crippen LogP contribution in [0.3, 0.4) is 0 Å². The van der Waals surface area contributed by atoms with Gasteiger partial charge < -0.3 is 9.47 Å². The van der Waals surface area contributed by atoms with E-state index >= 15 is 0 Å². The van der Waals surface area contributed by atoms with Crippen molar-refractivity contribution < 1.29 is 14.3 Å². The molecule has 1 aromatic heterocycles. The van der Waals surface area contributed by atoms with E-state index < -0.39 is 0 Å². The predicted octanol–water partition coefficient (Wildman–Crippen LogP) is 1.55. The van der Waals surface area contributed by atoms with E-state index in [1.54, 1.807) is 6.07 Å². The Balaban J connectivity index is 1.66. The van der Waals surface area contributed by atoms with Crippen molar-refractivity contribution in [1.82, 2.24) is 9.78 Å². The molecule has 1 aliphatic carbocycles. The minimum Gasteiger partial charge on any atom is -0.348 e. The first-order valence-electron chi connectivity index (χ1n) is 6.10. The lowest BCUT2D eigenvalue weighted by Crippen LogP contribution is -2.35. The van der Waals surface area contributed by atoms with Crippen LogP contribution in [0.4, 0.5) is 0 Å². The first-order chi connectivity index (χ1) is 8.31. The maximum atomic E-state index is 10.6. The minimum absolute atomic E-state index is 0.322. The topological polar surface area (TPSA) is 53.4 Å². The highest BCUT2D eigenvalue weighted by atomic mass is 16.7. The Labute approximate surface area is 99.7 Å². The van der Waals surface area contributed by atoms with E-state index in [-0.39, 0.29) is 5.79 Å². The molecule has 2 fully saturated rings. The van der Waals surface area contributed by atoms with Crippen molar-refractivity contribution in [3.63, 3.8) is 0 Å². The highest BCUT2D eigenvalue weighted by molar-refractivity contribution is 5.71. The lowest BCUT2D eigenvalue weighted by molar-refractivity contribution is -0.181. The van der Waals surface area contributed by atoms with E-state index in [4.69, 9.17) is 9.47 Å². The number of aldehydes is 1.